The fraction of sp³-hybridized carbons (Fsp3) is 0.500. The summed E-state index contributed by atoms with van der Waals surface area (Å²) in [5, 5.41) is 13.3. The molecule has 6 nitrogen and oxygen atoms in total. The highest BCUT2D eigenvalue weighted by molar-refractivity contribution is 7.88. The summed E-state index contributed by atoms with van der Waals surface area (Å²) in [4.78, 5) is 0. The number of benzene rings is 1. The minimum Gasteiger partial charge on any atom is -0.360 e. The van der Waals surface area contributed by atoms with Gasteiger partial charge in [-0.25, -0.2) is 17.1 Å². The number of aromatic nitrogens is 2. The van der Waals surface area contributed by atoms with Crippen molar-refractivity contribution in [1.29, 1.82) is 0 Å². The Morgan fingerprint density at radius 1 is 1.24 bits per heavy atom. The van der Waals surface area contributed by atoms with Gasteiger partial charge in [-0.05, 0) is 36.5 Å². The molecule has 1 aromatic heterocycles. The molecule has 2 aromatic rings. The molecule has 1 aromatic carbocycles. The summed E-state index contributed by atoms with van der Waals surface area (Å²) in [6, 6.07) is 6.38. The largest absolute Gasteiger partial charge is 0.360 e. The molecule has 0 saturated carbocycles. The zero-order chi connectivity index (χ0) is 17.9. The molecule has 9 heteroatoms. The van der Waals surface area contributed by atoms with Gasteiger partial charge in [0.2, 0.25) is 15.2 Å². The Labute approximate surface area is 151 Å². The van der Waals surface area contributed by atoms with Gasteiger partial charge in [-0.15, -0.1) is 10.2 Å². The number of sulfonamides is 1. The van der Waals surface area contributed by atoms with Gasteiger partial charge in [-0.3, -0.25) is 0 Å². The molecule has 25 heavy (non-hydrogen) atoms. The van der Waals surface area contributed by atoms with E-state index in [4.69, 9.17) is 0 Å². The first-order chi connectivity index (χ1) is 11.9. The monoisotopic (exact) mass is 384 g/mol. The van der Waals surface area contributed by atoms with E-state index in [0.717, 1.165) is 35.1 Å². The molecule has 1 saturated heterocycles. The summed E-state index contributed by atoms with van der Waals surface area (Å²) in [6.07, 6.45) is 3.59. The molecule has 1 aliphatic rings. The van der Waals surface area contributed by atoms with E-state index >= 15 is 0 Å². The maximum absolute atomic E-state index is 12.9. The fourth-order valence-electron chi connectivity index (χ4n) is 2.85. The molecular formula is C16H21FN4O2S2. The Morgan fingerprint density at radius 3 is 2.56 bits per heavy atom. The molecule has 0 radical (unpaired) electrons. The Bertz CT molecular complexity index is 800. The van der Waals surface area contributed by atoms with E-state index in [1.54, 1.807) is 12.1 Å². The van der Waals surface area contributed by atoms with Crippen molar-refractivity contribution >= 4 is 26.5 Å². The predicted octanol–water partition coefficient (Wildman–Crippen LogP) is 2.35. The minimum absolute atomic E-state index is 0.245. The van der Waals surface area contributed by atoms with Crippen molar-refractivity contribution in [3.8, 4) is 0 Å². The van der Waals surface area contributed by atoms with Crippen LogP contribution in [-0.4, -0.2) is 48.8 Å². The Kier molecular flexibility index (Phi) is 5.65. The lowest BCUT2D eigenvalue weighted by Gasteiger charge is -2.30. The summed E-state index contributed by atoms with van der Waals surface area (Å²) in [7, 11) is -3.08. The highest BCUT2D eigenvalue weighted by atomic mass is 32.2. The van der Waals surface area contributed by atoms with E-state index in [9.17, 15) is 12.8 Å². The summed E-state index contributed by atoms with van der Waals surface area (Å²) in [5.41, 5.74) is 0.997. The maximum Gasteiger partial charge on any atom is 0.211 e. The van der Waals surface area contributed by atoms with Crippen molar-refractivity contribution in [2.75, 3.05) is 31.2 Å². The van der Waals surface area contributed by atoms with Crippen molar-refractivity contribution in [2.24, 2.45) is 5.92 Å². The number of hydrogen-bond donors (Lipinski definition) is 1. The summed E-state index contributed by atoms with van der Waals surface area (Å²) in [5.74, 6) is 0.188. The lowest BCUT2D eigenvalue weighted by molar-refractivity contribution is 0.283. The van der Waals surface area contributed by atoms with Gasteiger partial charge in [0.25, 0.3) is 0 Å². The van der Waals surface area contributed by atoms with Crippen LogP contribution in [0.25, 0.3) is 0 Å². The Morgan fingerprint density at radius 2 is 1.92 bits per heavy atom. The molecule has 1 aliphatic heterocycles. The van der Waals surface area contributed by atoms with E-state index in [-0.39, 0.29) is 5.82 Å². The number of piperidine rings is 1. The number of nitrogens with one attached hydrogen (secondary N) is 1. The molecule has 0 aliphatic carbocycles. The molecule has 0 spiro atoms. The topological polar surface area (TPSA) is 75.2 Å². The van der Waals surface area contributed by atoms with Crippen LogP contribution < -0.4 is 5.32 Å². The quantitative estimate of drug-likeness (QED) is 0.827. The molecule has 0 amide bonds. The Hall–Kier alpha value is -1.58. The molecule has 3 rings (SSSR count). The summed E-state index contributed by atoms with van der Waals surface area (Å²) >= 11 is 1.49. The predicted molar refractivity (Wildman–Crippen MR) is 96.7 cm³/mol. The minimum atomic E-state index is -3.08. The van der Waals surface area contributed by atoms with Crippen LogP contribution in [0.3, 0.4) is 0 Å². The zero-order valence-corrected chi connectivity index (χ0v) is 15.6. The second-order valence-corrected chi connectivity index (χ2v) is 9.34. The summed E-state index contributed by atoms with van der Waals surface area (Å²) in [6.45, 7) is 1.93. The first-order valence-corrected chi connectivity index (χ1v) is 10.8. The normalized spacial score (nSPS) is 16.9. The fourth-order valence-corrected chi connectivity index (χ4v) is 4.50. The molecule has 1 N–H and O–H groups in total. The molecule has 1 fully saturated rings. The van der Waals surface area contributed by atoms with Crippen molar-refractivity contribution in [1.82, 2.24) is 14.5 Å². The molecule has 136 valence electrons. The van der Waals surface area contributed by atoms with Crippen LogP contribution in [-0.2, 0) is 16.4 Å². The van der Waals surface area contributed by atoms with Crippen LogP contribution in [0.1, 0.15) is 23.4 Å². The second-order valence-electron chi connectivity index (χ2n) is 6.29. The first-order valence-electron chi connectivity index (χ1n) is 8.16. The van der Waals surface area contributed by atoms with Crippen LogP contribution in [0, 0.1) is 11.7 Å². The first kappa shape index (κ1) is 18.2. The molecular weight excluding hydrogens is 363 g/mol. The number of halogens is 1. The third kappa shape index (κ3) is 5.20. The second kappa shape index (κ2) is 7.76. The highest BCUT2D eigenvalue weighted by Gasteiger charge is 2.24. The van der Waals surface area contributed by atoms with Gasteiger partial charge in [0.1, 0.15) is 10.8 Å². The van der Waals surface area contributed by atoms with Gasteiger partial charge in [-0.1, -0.05) is 23.5 Å². The van der Waals surface area contributed by atoms with Gasteiger partial charge in [0.15, 0.2) is 0 Å². The smallest absolute Gasteiger partial charge is 0.211 e. The van der Waals surface area contributed by atoms with Crippen molar-refractivity contribution in [2.45, 2.75) is 19.3 Å². The highest BCUT2D eigenvalue weighted by Crippen LogP contribution is 2.22. The molecule has 2 heterocycles. The van der Waals surface area contributed by atoms with E-state index in [2.05, 4.69) is 15.5 Å². The number of rotatable bonds is 6. The number of anilines is 1. The standard InChI is InChI=1S/C16H21FN4O2S2/c1-25(22,23)21-8-6-13(7-9-21)11-18-16-20-19-15(24-16)10-12-2-4-14(17)5-3-12/h2-5,13H,6-11H2,1H3,(H,18,20). The van der Waals surface area contributed by atoms with Crippen molar-refractivity contribution in [3.63, 3.8) is 0 Å². The van der Waals surface area contributed by atoms with Gasteiger partial charge >= 0.3 is 0 Å². The average Bonchev–Trinajstić information content (AvgIpc) is 3.02. The lowest BCUT2D eigenvalue weighted by Crippen LogP contribution is -2.39. The number of hydrogen-bond acceptors (Lipinski definition) is 6. The molecule has 0 bridgehead atoms. The van der Waals surface area contributed by atoms with Crippen LogP contribution in [0.2, 0.25) is 0 Å². The average molecular weight is 385 g/mol. The van der Waals surface area contributed by atoms with Gasteiger partial charge in [0, 0.05) is 26.1 Å². The Balaban J connectivity index is 1.47. The molecule has 0 unspecified atom stereocenters. The third-order valence-corrected chi connectivity index (χ3v) is 6.50. The summed E-state index contributed by atoms with van der Waals surface area (Å²) < 4.78 is 37.5. The van der Waals surface area contributed by atoms with E-state index in [0.29, 0.717) is 25.4 Å². The van der Waals surface area contributed by atoms with E-state index in [1.165, 1.54) is 34.0 Å². The van der Waals surface area contributed by atoms with E-state index in [1.807, 2.05) is 0 Å². The van der Waals surface area contributed by atoms with Gasteiger partial charge in [0.05, 0.1) is 6.26 Å². The van der Waals surface area contributed by atoms with Crippen molar-refractivity contribution < 1.29 is 12.8 Å². The maximum atomic E-state index is 12.9. The van der Waals surface area contributed by atoms with E-state index < -0.39 is 10.0 Å². The van der Waals surface area contributed by atoms with Crippen LogP contribution >= 0.6 is 11.3 Å². The van der Waals surface area contributed by atoms with Crippen LogP contribution in [0.15, 0.2) is 24.3 Å². The van der Waals surface area contributed by atoms with Crippen LogP contribution in [0.4, 0.5) is 9.52 Å². The SMILES string of the molecule is CS(=O)(=O)N1CCC(CNc2nnc(Cc3ccc(F)cc3)s2)CC1. The van der Waals surface area contributed by atoms with Crippen molar-refractivity contribution in [3.05, 3.63) is 40.7 Å². The van der Waals surface area contributed by atoms with Gasteiger partial charge < -0.3 is 5.32 Å². The lowest BCUT2D eigenvalue weighted by atomic mass is 9.98. The van der Waals surface area contributed by atoms with Crippen LogP contribution in [0.5, 0.6) is 0 Å². The third-order valence-electron chi connectivity index (χ3n) is 4.32. The zero-order valence-electron chi connectivity index (χ0n) is 14.0. The van der Waals surface area contributed by atoms with Gasteiger partial charge in [-0.2, -0.15) is 0 Å². The number of nitrogens with zero attached hydrogens (tertiary/aromatic N) is 3. The molecule has 0 atom stereocenters.